The van der Waals surface area contributed by atoms with Gasteiger partial charge in [-0.05, 0) is 24.3 Å². The van der Waals surface area contributed by atoms with Crippen molar-refractivity contribution in [1.82, 2.24) is 9.21 Å². The minimum absolute atomic E-state index is 0.00215. The molecule has 0 saturated carbocycles. The molecule has 3 rings (SSSR count). The molecule has 0 spiro atoms. The number of piperazine rings is 1. The van der Waals surface area contributed by atoms with Crippen molar-refractivity contribution in [2.75, 3.05) is 26.2 Å². The van der Waals surface area contributed by atoms with Crippen LogP contribution in [0.5, 0.6) is 0 Å². The first-order chi connectivity index (χ1) is 12.2. The van der Waals surface area contributed by atoms with E-state index in [2.05, 4.69) is 0 Å². The molecule has 1 aliphatic heterocycles. The lowest BCUT2D eigenvalue weighted by Crippen LogP contribution is -2.50. The summed E-state index contributed by atoms with van der Waals surface area (Å²) in [7, 11) is -4.07. The van der Waals surface area contributed by atoms with Crippen LogP contribution in [0.4, 0.5) is 13.2 Å². The van der Waals surface area contributed by atoms with Gasteiger partial charge in [-0.1, -0.05) is 6.07 Å². The maximum Gasteiger partial charge on any atom is 0.416 e. The van der Waals surface area contributed by atoms with Crippen molar-refractivity contribution in [3.63, 3.8) is 0 Å². The summed E-state index contributed by atoms with van der Waals surface area (Å²) in [6, 6.07) is 5.15. The molecule has 2 heterocycles. The molecule has 0 aliphatic carbocycles. The zero-order valence-electron chi connectivity index (χ0n) is 13.4. The van der Waals surface area contributed by atoms with E-state index in [1.54, 1.807) is 0 Å². The zero-order valence-corrected chi connectivity index (χ0v) is 14.3. The third kappa shape index (κ3) is 3.61. The normalized spacial score (nSPS) is 16.7. The Labute approximate surface area is 147 Å². The molecule has 0 unspecified atom stereocenters. The lowest BCUT2D eigenvalue weighted by Gasteiger charge is -2.33. The summed E-state index contributed by atoms with van der Waals surface area (Å²) < 4.78 is 69.6. The summed E-state index contributed by atoms with van der Waals surface area (Å²) >= 11 is 0. The monoisotopic (exact) mass is 388 g/mol. The second-order valence-electron chi connectivity index (χ2n) is 5.73. The summed E-state index contributed by atoms with van der Waals surface area (Å²) in [5.74, 6) is -0.283. The Kier molecular flexibility index (Phi) is 4.80. The molecule has 0 N–H and O–H groups in total. The van der Waals surface area contributed by atoms with Gasteiger partial charge in [0.1, 0.15) is 6.26 Å². The molecule has 1 saturated heterocycles. The average Bonchev–Trinajstić information content (AvgIpc) is 3.15. The van der Waals surface area contributed by atoms with E-state index < -0.39 is 26.7 Å². The van der Waals surface area contributed by atoms with Gasteiger partial charge in [0.2, 0.25) is 10.0 Å². The van der Waals surface area contributed by atoms with Crippen LogP contribution in [0, 0.1) is 0 Å². The Morgan fingerprint density at radius 3 is 2.35 bits per heavy atom. The number of sulfonamides is 1. The second-order valence-corrected chi connectivity index (χ2v) is 7.67. The third-order valence-corrected chi connectivity index (χ3v) is 5.99. The van der Waals surface area contributed by atoms with Crippen LogP contribution < -0.4 is 0 Å². The fourth-order valence-corrected chi connectivity index (χ4v) is 4.15. The molecule has 140 valence electrons. The Bertz CT molecular complexity index is 886. The molecule has 1 aliphatic rings. The van der Waals surface area contributed by atoms with Gasteiger partial charge in [-0.2, -0.15) is 17.5 Å². The predicted molar refractivity (Wildman–Crippen MR) is 84.8 cm³/mol. The average molecular weight is 388 g/mol. The van der Waals surface area contributed by atoms with Gasteiger partial charge < -0.3 is 9.32 Å². The molecule has 6 nitrogen and oxygen atoms in total. The number of nitrogens with zero attached hydrogens (tertiary/aromatic N) is 2. The molecule has 0 bridgehead atoms. The number of hydrogen-bond acceptors (Lipinski definition) is 4. The maximum atomic E-state index is 12.8. The number of halogens is 3. The first-order valence-corrected chi connectivity index (χ1v) is 9.12. The standard InChI is InChI=1S/C16H15F3N2O4S/c17-16(18,19)13-2-1-3-14(10-13)26(23,24)21-7-5-20(6-8-21)15(22)12-4-9-25-11-12/h1-4,9-11H,5-8H2. The predicted octanol–water partition coefficient (Wildman–Crippen LogP) is 2.45. The van der Waals surface area contributed by atoms with E-state index in [0.29, 0.717) is 11.6 Å². The largest absolute Gasteiger partial charge is 0.472 e. The van der Waals surface area contributed by atoms with Crippen LogP contribution in [-0.4, -0.2) is 49.7 Å². The maximum absolute atomic E-state index is 12.8. The van der Waals surface area contributed by atoms with E-state index in [9.17, 15) is 26.4 Å². The molecular formula is C16H15F3N2O4S. The van der Waals surface area contributed by atoms with Gasteiger partial charge in [0.15, 0.2) is 0 Å². The highest BCUT2D eigenvalue weighted by molar-refractivity contribution is 7.89. The molecule has 1 amide bonds. The number of rotatable bonds is 3. The molecule has 10 heteroatoms. The van der Waals surface area contributed by atoms with Crippen molar-refractivity contribution in [3.8, 4) is 0 Å². The summed E-state index contributed by atoms with van der Waals surface area (Å²) in [5.41, 5.74) is -0.661. The van der Waals surface area contributed by atoms with Crippen LogP contribution in [0.15, 0.2) is 52.2 Å². The Hall–Kier alpha value is -2.33. The highest BCUT2D eigenvalue weighted by atomic mass is 32.2. The van der Waals surface area contributed by atoms with Gasteiger partial charge in [0.25, 0.3) is 5.91 Å². The zero-order chi connectivity index (χ0) is 18.9. The quantitative estimate of drug-likeness (QED) is 0.810. The van der Waals surface area contributed by atoms with Crippen LogP contribution in [0.1, 0.15) is 15.9 Å². The van der Waals surface area contributed by atoms with Gasteiger partial charge in [-0.3, -0.25) is 4.79 Å². The van der Waals surface area contributed by atoms with Crippen molar-refractivity contribution >= 4 is 15.9 Å². The van der Waals surface area contributed by atoms with E-state index >= 15 is 0 Å². The van der Waals surface area contributed by atoms with Crippen LogP contribution in [0.3, 0.4) is 0 Å². The van der Waals surface area contributed by atoms with Gasteiger partial charge in [-0.15, -0.1) is 0 Å². The molecule has 2 aromatic rings. The summed E-state index contributed by atoms with van der Waals surface area (Å²) in [6.07, 6.45) is -1.96. The first kappa shape index (κ1) is 18.5. The fourth-order valence-electron chi connectivity index (χ4n) is 2.68. The number of amides is 1. The topological polar surface area (TPSA) is 70.8 Å². The Balaban J connectivity index is 1.73. The fraction of sp³-hybridized carbons (Fsp3) is 0.312. The van der Waals surface area contributed by atoms with Crippen LogP contribution in [-0.2, 0) is 16.2 Å². The van der Waals surface area contributed by atoms with Crippen LogP contribution in [0.2, 0.25) is 0 Å². The third-order valence-electron chi connectivity index (χ3n) is 4.09. The summed E-state index contributed by atoms with van der Waals surface area (Å²) in [4.78, 5) is 13.3. The first-order valence-electron chi connectivity index (χ1n) is 7.68. The van der Waals surface area contributed by atoms with E-state index in [1.165, 1.54) is 23.5 Å². The molecule has 1 aromatic heterocycles. The van der Waals surface area contributed by atoms with Gasteiger partial charge in [0.05, 0.1) is 22.3 Å². The van der Waals surface area contributed by atoms with Crippen molar-refractivity contribution < 1.29 is 30.8 Å². The minimum Gasteiger partial charge on any atom is -0.472 e. The van der Waals surface area contributed by atoms with E-state index in [1.807, 2.05) is 0 Å². The van der Waals surface area contributed by atoms with Crippen LogP contribution >= 0.6 is 0 Å². The number of alkyl halides is 3. The summed E-state index contributed by atoms with van der Waals surface area (Å²) in [5, 5.41) is 0. The molecule has 0 atom stereocenters. The van der Waals surface area contributed by atoms with Crippen molar-refractivity contribution in [3.05, 3.63) is 54.0 Å². The molecule has 26 heavy (non-hydrogen) atoms. The smallest absolute Gasteiger partial charge is 0.416 e. The lowest BCUT2D eigenvalue weighted by atomic mass is 10.2. The highest BCUT2D eigenvalue weighted by Crippen LogP contribution is 2.31. The Morgan fingerprint density at radius 1 is 1.08 bits per heavy atom. The van der Waals surface area contributed by atoms with Crippen molar-refractivity contribution in [2.45, 2.75) is 11.1 Å². The van der Waals surface area contributed by atoms with Crippen LogP contribution in [0.25, 0.3) is 0 Å². The number of carbonyl (C=O) groups excluding carboxylic acids is 1. The number of benzene rings is 1. The highest BCUT2D eigenvalue weighted by Gasteiger charge is 2.34. The second kappa shape index (κ2) is 6.76. The SMILES string of the molecule is O=C(c1ccoc1)N1CCN(S(=O)(=O)c2cccc(C(F)(F)F)c2)CC1. The molecule has 1 fully saturated rings. The Morgan fingerprint density at radius 2 is 1.77 bits per heavy atom. The molecule has 1 aromatic carbocycles. The molecular weight excluding hydrogens is 373 g/mol. The summed E-state index contributed by atoms with van der Waals surface area (Å²) in [6.45, 7) is 0.286. The van der Waals surface area contributed by atoms with Gasteiger partial charge in [-0.25, -0.2) is 8.42 Å². The number of hydrogen-bond donors (Lipinski definition) is 0. The number of furan rings is 1. The molecule has 0 radical (unpaired) electrons. The van der Waals surface area contributed by atoms with Crippen molar-refractivity contribution in [2.24, 2.45) is 0 Å². The van der Waals surface area contributed by atoms with E-state index in [4.69, 9.17) is 4.42 Å². The number of carbonyl (C=O) groups is 1. The van der Waals surface area contributed by atoms with Crippen molar-refractivity contribution in [1.29, 1.82) is 0 Å². The van der Waals surface area contributed by atoms with E-state index in [-0.39, 0.29) is 32.1 Å². The lowest BCUT2D eigenvalue weighted by molar-refractivity contribution is -0.137. The minimum atomic E-state index is -4.62. The van der Waals surface area contributed by atoms with Gasteiger partial charge >= 0.3 is 6.18 Å². The van der Waals surface area contributed by atoms with Gasteiger partial charge in [0, 0.05) is 26.2 Å². The van der Waals surface area contributed by atoms with E-state index in [0.717, 1.165) is 22.5 Å².